The number of carboxylic acid groups (broad SMARTS) is 1. The van der Waals surface area contributed by atoms with Gasteiger partial charge < -0.3 is 15.2 Å². The largest absolute Gasteiger partial charge is 0.491 e. The van der Waals surface area contributed by atoms with E-state index in [1.165, 1.54) is 0 Å². The van der Waals surface area contributed by atoms with E-state index in [2.05, 4.69) is 19.2 Å². The summed E-state index contributed by atoms with van der Waals surface area (Å²) in [5.41, 5.74) is 1.13. The van der Waals surface area contributed by atoms with Gasteiger partial charge in [0, 0.05) is 0 Å². The summed E-state index contributed by atoms with van der Waals surface area (Å²) in [6.07, 6.45) is 1.02. The van der Waals surface area contributed by atoms with E-state index in [-0.39, 0.29) is 6.61 Å². The fourth-order valence-electron chi connectivity index (χ4n) is 1.69. The number of benzene rings is 1. The highest BCUT2D eigenvalue weighted by atomic mass is 16.5. The van der Waals surface area contributed by atoms with Gasteiger partial charge in [-0.25, -0.2) is 0 Å². The van der Waals surface area contributed by atoms with Crippen LogP contribution in [0.5, 0.6) is 5.75 Å². The second-order valence-corrected chi connectivity index (χ2v) is 4.34. The Morgan fingerprint density at radius 2 is 2.11 bits per heavy atom. The number of aliphatic carboxylic acids is 1. The zero-order valence-electron chi connectivity index (χ0n) is 11.1. The van der Waals surface area contributed by atoms with E-state index in [1.54, 1.807) is 7.05 Å². The number of carboxylic acids is 1. The van der Waals surface area contributed by atoms with Gasteiger partial charge in [0.25, 0.3) is 0 Å². The number of likely N-dealkylation sites (N-methyl/N-ethyl adjacent to an activating group) is 1. The Bertz CT molecular complexity index is 392. The van der Waals surface area contributed by atoms with Gasteiger partial charge in [0.15, 0.2) is 0 Å². The third-order valence-electron chi connectivity index (χ3n) is 3.11. The number of nitrogens with one attached hydrogen (secondary N) is 1. The maximum absolute atomic E-state index is 10.9. The molecule has 4 heteroatoms. The van der Waals surface area contributed by atoms with Crippen LogP contribution in [0.3, 0.4) is 0 Å². The van der Waals surface area contributed by atoms with Crippen molar-refractivity contribution in [3.8, 4) is 5.75 Å². The molecule has 1 aromatic rings. The predicted octanol–water partition coefficient (Wildman–Crippen LogP) is 2.25. The molecule has 0 aliphatic rings. The Morgan fingerprint density at radius 3 is 2.67 bits per heavy atom. The monoisotopic (exact) mass is 251 g/mol. The van der Waals surface area contributed by atoms with Crippen LogP contribution >= 0.6 is 0 Å². The summed E-state index contributed by atoms with van der Waals surface area (Å²) in [4.78, 5) is 10.9. The van der Waals surface area contributed by atoms with Crippen molar-refractivity contribution in [3.05, 3.63) is 29.8 Å². The molecule has 0 bridgehead atoms. The van der Waals surface area contributed by atoms with Crippen LogP contribution in [0, 0.1) is 0 Å². The topological polar surface area (TPSA) is 58.6 Å². The van der Waals surface area contributed by atoms with Gasteiger partial charge in [0.05, 0.1) is 0 Å². The first-order valence-electron chi connectivity index (χ1n) is 6.21. The first-order chi connectivity index (χ1) is 8.60. The van der Waals surface area contributed by atoms with Crippen LogP contribution in [-0.4, -0.2) is 30.8 Å². The lowest BCUT2D eigenvalue weighted by Crippen LogP contribution is -2.39. The lowest BCUT2D eigenvalue weighted by atomic mass is 9.98. The van der Waals surface area contributed by atoms with E-state index in [9.17, 15) is 4.79 Å². The van der Waals surface area contributed by atoms with Crippen molar-refractivity contribution >= 4 is 5.97 Å². The number of hydrogen-bond donors (Lipinski definition) is 2. The van der Waals surface area contributed by atoms with E-state index in [1.807, 2.05) is 24.3 Å². The first kappa shape index (κ1) is 14.5. The molecule has 0 aliphatic carbocycles. The standard InChI is InChI=1S/C14H21NO3/c1-4-10(2)11-7-5-6-8-13(11)18-9-12(15-3)14(16)17/h5-8,10,12,15H,4,9H2,1-3H3,(H,16,17). The molecule has 4 nitrogen and oxygen atoms in total. The second kappa shape index (κ2) is 7.01. The van der Waals surface area contributed by atoms with E-state index < -0.39 is 12.0 Å². The highest BCUT2D eigenvalue weighted by Crippen LogP contribution is 2.28. The summed E-state index contributed by atoms with van der Waals surface area (Å²) in [6.45, 7) is 4.38. The molecular formula is C14H21NO3. The number of carbonyl (C=O) groups is 1. The summed E-state index contributed by atoms with van der Waals surface area (Å²) >= 11 is 0. The smallest absolute Gasteiger partial charge is 0.324 e. The molecule has 1 aromatic carbocycles. The number of para-hydroxylation sites is 1. The van der Waals surface area contributed by atoms with Crippen LogP contribution in [0.25, 0.3) is 0 Å². The molecule has 0 fully saturated rings. The first-order valence-corrected chi connectivity index (χ1v) is 6.21. The molecular weight excluding hydrogens is 230 g/mol. The fourth-order valence-corrected chi connectivity index (χ4v) is 1.69. The summed E-state index contributed by atoms with van der Waals surface area (Å²) in [7, 11) is 1.61. The molecule has 18 heavy (non-hydrogen) atoms. The van der Waals surface area contributed by atoms with E-state index in [0.717, 1.165) is 17.7 Å². The van der Waals surface area contributed by atoms with Gasteiger partial charge in [0.2, 0.25) is 0 Å². The van der Waals surface area contributed by atoms with Crippen LogP contribution in [0.2, 0.25) is 0 Å². The molecule has 0 amide bonds. The normalized spacial score (nSPS) is 13.9. The van der Waals surface area contributed by atoms with Crippen molar-refractivity contribution in [2.24, 2.45) is 0 Å². The molecule has 0 aliphatic heterocycles. The van der Waals surface area contributed by atoms with Crippen LogP contribution < -0.4 is 10.1 Å². The Balaban J connectivity index is 2.75. The molecule has 2 N–H and O–H groups in total. The quantitative estimate of drug-likeness (QED) is 0.780. The summed E-state index contributed by atoms with van der Waals surface area (Å²) in [5.74, 6) is 0.269. The van der Waals surface area contributed by atoms with Crippen LogP contribution in [-0.2, 0) is 4.79 Å². The average Bonchev–Trinajstić information content (AvgIpc) is 2.38. The third-order valence-corrected chi connectivity index (χ3v) is 3.11. The van der Waals surface area contributed by atoms with Gasteiger partial charge in [-0.05, 0) is 31.0 Å². The lowest BCUT2D eigenvalue weighted by molar-refractivity contribution is -0.140. The van der Waals surface area contributed by atoms with E-state index >= 15 is 0 Å². The Kier molecular flexibility index (Phi) is 5.65. The highest BCUT2D eigenvalue weighted by Gasteiger charge is 2.17. The molecule has 2 unspecified atom stereocenters. The van der Waals surface area contributed by atoms with Crippen molar-refractivity contribution in [2.45, 2.75) is 32.2 Å². The van der Waals surface area contributed by atoms with Crippen molar-refractivity contribution in [1.82, 2.24) is 5.32 Å². The fraction of sp³-hybridized carbons (Fsp3) is 0.500. The number of hydrogen-bond acceptors (Lipinski definition) is 3. The average molecular weight is 251 g/mol. The van der Waals surface area contributed by atoms with E-state index in [4.69, 9.17) is 9.84 Å². The van der Waals surface area contributed by atoms with Crippen molar-refractivity contribution in [2.75, 3.05) is 13.7 Å². The SMILES string of the molecule is CCC(C)c1ccccc1OCC(NC)C(=O)O. The van der Waals surface area contributed by atoms with Gasteiger partial charge in [-0.2, -0.15) is 0 Å². The molecule has 0 saturated heterocycles. The maximum Gasteiger partial charge on any atom is 0.324 e. The van der Waals surface area contributed by atoms with Crippen LogP contribution in [0.15, 0.2) is 24.3 Å². The van der Waals surface area contributed by atoms with E-state index in [0.29, 0.717) is 5.92 Å². The molecule has 1 rings (SSSR count). The molecule has 2 atom stereocenters. The lowest BCUT2D eigenvalue weighted by Gasteiger charge is -2.18. The Hall–Kier alpha value is -1.55. The van der Waals surface area contributed by atoms with Gasteiger partial charge >= 0.3 is 5.97 Å². The minimum absolute atomic E-state index is 0.124. The minimum atomic E-state index is -0.904. The maximum atomic E-state index is 10.9. The summed E-state index contributed by atoms with van der Waals surface area (Å²) < 4.78 is 5.63. The van der Waals surface area contributed by atoms with Gasteiger partial charge in [0.1, 0.15) is 18.4 Å². The zero-order valence-corrected chi connectivity index (χ0v) is 11.1. The third kappa shape index (κ3) is 3.74. The number of rotatable bonds is 7. The summed E-state index contributed by atoms with van der Waals surface area (Å²) in [5, 5.41) is 11.6. The second-order valence-electron chi connectivity index (χ2n) is 4.34. The van der Waals surface area contributed by atoms with Gasteiger partial charge in [-0.15, -0.1) is 0 Å². The molecule has 0 heterocycles. The van der Waals surface area contributed by atoms with Gasteiger partial charge in [-0.3, -0.25) is 4.79 Å². The number of ether oxygens (including phenoxy) is 1. The van der Waals surface area contributed by atoms with Crippen molar-refractivity contribution < 1.29 is 14.6 Å². The van der Waals surface area contributed by atoms with Crippen molar-refractivity contribution in [3.63, 3.8) is 0 Å². The van der Waals surface area contributed by atoms with Crippen LogP contribution in [0.4, 0.5) is 0 Å². The molecule has 0 spiro atoms. The molecule has 0 aromatic heterocycles. The van der Waals surface area contributed by atoms with Crippen molar-refractivity contribution in [1.29, 1.82) is 0 Å². The molecule has 0 radical (unpaired) electrons. The predicted molar refractivity (Wildman–Crippen MR) is 71.1 cm³/mol. The summed E-state index contributed by atoms with van der Waals surface area (Å²) in [6, 6.07) is 7.10. The Morgan fingerprint density at radius 1 is 1.44 bits per heavy atom. The zero-order chi connectivity index (χ0) is 13.5. The minimum Gasteiger partial charge on any atom is -0.491 e. The molecule has 0 saturated carbocycles. The highest BCUT2D eigenvalue weighted by molar-refractivity contribution is 5.73. The Labute approximate surface area is 108 Å². The van der Waals surface area contributed by atoms with Gasteiger partial charge in [-0.1, -0.05) is 32.0 Å². The molecule has 100 valence electrons. The van der Waals surface area contributed by atoms with Crippen LogP contribution in [0.1, 0.15) is 31.7 Å².